The zero-order valence-electron chi connectivity index (χ0n) is 9.41. The van der Waals surface area contributed by atoms with Crippen molar-refractivity contribution in [2.24, 2.45) is 5.92 Å². The third kappa shape index (κ3) is 5.94. The second-order valence-corrected chi connectivity index (χ2v) is 4.02. The number of hydrogen-bond donors (Lipinski definition) is 2. The monoisotopic (exact) mass is 203 g/mol. The van der Waals surface area contributed by atoms with Gasteiger partial charge in [0.05, 0.1) is 12.7 Å². The van der Waals surface area contributed by atoms with Crippen molar-refractivity contribution in [3.8, 4) is 0 Å². The van der Waals surface area contributed by atoms with E-state index < -0.39 is 6.04 Å². The lowest BCUT2D eigenvalue weighted by atomic mass is 10.2. The normalized spacial score (nSPS) is 13.4. The van der Waals surface area contributed by atoms with Crippen LogP contribution in [0.25, 0.3) is 0 Å². The maximum atomic E-state index is 11.4. The van der Waals surface area contributed by atoms with Crippen molar-refractivity contribution >= 4 is 5.97 Å². The smallest absolute Gasteiger partial charge is 0.325 e. The van der Waals surface area contributed by atoms with Gasteiger partial charge in [0.25, 0.3) is 0 Å². The van der Waals surface area contributed by atoms with Gasteiger partial charge in [-0.3, -0.25) is 4.79 Å². The molecular formula is C10H21NO3. The van der Waals surface area contributed by atoms with Crippen LogP contribution in [-0.2, 0) is 9.53 Å². The fourth-order valence-corrected chi connectivity index (χ4v) is 0.915. The van der Waals surface area contributed by atoms with Crippen molar-refractivity contribution < 1.29 is 14.6 Å². The molecule has 0 spiro atoms. The Labute approximate surface area is 85.6 Å². The molecule has 4 heteroatoms. The fourth-order valence-electron chi connectivity index (χ4n) is 0.915. The Morgan fingerprint density at radius 2 is 1.93 bits per heavy atom. The molecule has 0 aliphatic carbocycles. The minimum atomic E-state index is -0.597. The SMILES string of the molecule is CC(C)CNC(CO)C(=O)OC(C)C. The number of ether oxygens (including phenoxy) is 1. The molecule has 1 unspecified atom stereocenters. The summed E-state index contributed by atoms with van der Waals surface area (Å²) in [5.74, 6) is 0.0547. The van der Waals surface area contributed by atoms with Gasteiger partial charge >= 0.3 is 5.97 Å². The Bertz CT molecular complexity index is 169. The Morgan fingerprint density at radius 1 is 1.36 bits per heavy atom. The van der Waals surface area contributed by atoms with Crippen LogP contribution >= 0.6 is 0 Å². The van der Waals surface area contributed by atoms with Crippen LogP contribution in [0.5, 0.6) is 0 Å². The summed E-state index contributed by atoms with van der Waals surface area (Å²) in [6.45, 7) is 8.12. The van der Waals surface area contributed by atoms with Crippen LogP contribution in [0, 0.1) is 5.92 Å². The van der Waals surface area contributed by atoms with Gasteiger partial charge in [-0.25, -0.2) is 0 Å². The zero-order chi connectivity index (χ0) is 11.1. The highest BCUT2D eigenvalue weighted by molar-refractivity contribution is 5.76. The summed E-state index contributed by atoms with van der Waals surface area (Å²) in [7, 11) is 0. The van der Waals surface area contributed by atoms with Gasteiger partial charge in [-0.2, -0.15) is 0 Å². The second-order valence-electron chi connectivity index (χ2n) is 4.02. The van der Waals surface area contributed by atoms with Crippen LogP contribution in [0.4, 0.5) is 0 Å². The van der Waals surface area contributed by atoms with E-state index >= 15 is 0 Å². The van der Waals surface area contributed by atoms with E-state index in [4.69, 9.17) is 9.84 Å². The van der Waals surface area contributed by atoms with Crippen molar-refractivity contribution in [1.29, 1.82) is 0 Å². The second kappa shape index (κ2) is 6.79. The van der Waals surface area contributed by atoms with E-state index in [1.165, 1.54) is 0 Å². The molecule has 0 aliphatic rings. The summed E-state index contributed by atoms with van der Waals surface area (Å²) in [6.07, 6.45) is -0.141. The Morgan fingerprint density at radius 3 is 2.29 bits per heavy atom. The third-order valence-corrected chi connectivity index (χ3v) is 1.59. The molecule has 0 aromatic heterocycles. The molecule has 0 amide bonds. The fraction of sp³-hybridized carbons (Fsp3) is 0.900. The standard InChI is InChI=1S/C10H21NO3/c1-7(2)5-11-9(6-12)10(13)14-8(3)4/h7-9,11-12H,5-6H2,1-4H3. The highest BCUT2D eigenvalue weighted by Crippen LogP contribution is 1.96. The first kappa shape index (κ1) is 13.4. The van der Waals surface area contributed by atoms with Gasteiger partial charge in [0.15, 0.2) is 0 Å². The minimum Gasteiger partial charge on any atom is -0.462 e. The molecule has 0 aromatic rings. The molecule has 0 rings (SSSR count). The summed E-state index contributed by atoms with van der Waals surface area (Å²) < 4.78 is 4.97. The van der Waals surface area contributed by atoms with E-state index in [9.17, 15) is 4.79 Å². The van der Waals surface area contributed by atoms with Crippen LogP contribution in [0.2, 0.25) is 0 Å². The third-order valence-electron chi connectivity index (χ3n) is 1.59. The summed E-state index contributed by atoms with van der Waals surface area (Å²) in [5.41, 5.74) is 0. The molecule has 0 saturated heterocycles. The number of hydrogen-bond acceptors (Lipinski definition) is 4. The largest absolute Gasteiger partial charge is 0.462 e. The summed E-state index contributed by atoms with van der Waals surface area (Å²) in [6, 6.07) is -0.597. The lowest BCUT2D eigenvalue weighted by Crippen LogP contribution is -2.43. The molecule has 0 aliphatic heterocycles. The molecule has 0 heterocycles. The topological polar surface area (TPSA) is 58.6 Å². The number of aliphatic hydroxyl groups excluding tert-OH is 1. The number of nitrogens with one attached hydrogen (secondary N) is 1. The molecule has 0 saturated carbocycles. The van der Waals surface area contributed by atoms with E-state index in [1.54, 1.807) is 13.8 Å². The molecule has 84 valence electrons. The molecule has 0 fully saturated rings. The quantitative estimate of drug-likeness (QED) is 0.619. The van der Waals surface area contributed by atoms with Crippen LogP contribution in [0.3, 0.4) is 0 Å². The Balaban J connectivity index is 3.93. The zero-order valence-corrected chi connectivity index (χ0v) is 9.41. The average molecular weight is 203 g/mol. The maximum Gasteiger partial charge on any atom is 0.325 e. The molecular weight excluding hydrogens is 182 g/mol. The number of rotatable bonds is 6. The number of carbonyl (C=O) groups excluding carboxylic acids is 1. The molecule has 0 radical (unpaired) electrons. The molecule has 1 atom stereocenters. The molecule has 14 heavy (non-hydrogen) atoms. The van der Waals surface area contributed by atoms with Crippen LogP contribution in [-0.4, -0.2) is 36.4 Å². The van der Waals surface area contributed by atoms with Gasteiger partial charge in [-0.15, -0.1) is 0 Å². The van der Waals surface area contributed by atoms with Crippen molar-refractivity contribution in [3.05, 3.63) is 0 Å². The maximum absolute atomic E-state index is 11.4. The van der Waals surface area contributed by atoms with Gasteiger partial charge in [-0.05, 0) is 26.3 Å². The predicted molar refractivity (Wildman–Crippen MR) is 54.9 cm³/mol. The van der Waals surface area contributed by atoms with Crippen molar-refractivity contribution in [3.63, 3.8) is 0 Å². The van der Waals surface area contributed by atoms with Gasteiger partial charge in [0.1, 0.15) is 6.04 Å². The van der Waals surface area contributed by atoms with Crippen LogP contribution in [0.1, 0.15) is 27.7 Å². The minimum absolute atomic E-state index is 0.141. The van der Waals surface area contributed by atoms with Crippen molar-refractivity contribution in [1.82, 2.24) is 5.32 Å². The van der Waals surface area contributed by atoms with Crippen molar-refractivity contribution in [2.75, 3.05) is 13.2 Å². The van der Waals surface area contributed by atoms with Crippen LogP contribution in [0.15, 0.2) is 0 Å². The van der Waals surface area contributed by atoms with E-state index in [1.807, 2.05) is 13.8 Å². The van der Waals surface area contributed by atoms with E-state index in [-0.39, 0.29) is 18.7 Å². The molecule has 0 aromatic carbocycles. The highest BCUT2D eigenvalue weighted by atomic mass is 16.5. The first-order chi connectivity index (χ1) is 6.47. The average Bonchev–Trinajstić information content (AvgIpc) is 2.03. The predicted octanol–water partition coefficient (Wildman–Crippen LogP) is 0.544. The lowest BCUT2D eigenvalue weighted by molar-refractivity contribution is -0.151. The molecule has 4 nitrogen and oxygen atoms in total. The van der Waals surface area contributed by atoms with Crippen molar-refractivity contribution in [2.45, 2.75) is 39.8 Å². The van der Waals surface area contributed by atoms with Gasteiger partial charge in [0.2, 0.25) is 0 Å². The van der Waals surface area contributed by atoms with E-state index in [0.717, 1.165) is 0 Å². The van der Waals surface area contributed by atoms with E-state index in [2.05, 4.69) is 5.32 Å². The van der Waals surface area contributed by atoms with Gasteiger partial charge in [-0.1, -0.05) is 13.8 Å². The number of aliphatic hydroxyl groups is 1. The highest BCUT2D eigenvalue weighted by Gasteiger charge is 2.19. The van der Waals surface area contributed by atoms with E-state index in [0.29, 0.717) is 12.5 Å². The van der Waals surface area contributed by atoms with Crippen LogP contribution < -0.4 is 5.32 Å². The van der Waals surface area contributed by atoms with Gasteiger partial charge < -0.3 is 15.2 Å². The first-order valence-corrected chi connectivity index (χ1v) is 5.02. The number of esters is 1. The Kier molecular flexibility index (Phi) is 6.49. The lowest BCUT2D eigenvalue weighted by Gasteiger charge is -2.18. The first-order valence-electron chi connectivity index (χ1n) is 5.02. The number of carbonyl (C=O) groups is 1. The molecule has 2 N–H and O–H groups in total. The summed E-state index contributed by atoms with van der Waals surface area (Å²) in [5, 5.41) is 11.9. The summed E-state index contributed by atoms with van der Waals surface area (Å²) in [4.78, 5) is 11.4. The van der Waals surface area contributed by atoms with Gasteiger partial charge in [0, 0.05) is 0 Å². The Hall–Kier alpha value is -0.610. The molecule has 0 bridgehead atoms. The summed E-state index contributed by atoms with van der Waals surface area (Å²) >= 11 is 0.